The van der Waals surface area contributed by atoms with Crippen LogP contribution in [0, 0.1) is 0 Å². The molecule has 2 unspecified atom stereocenters. The summed E-state index contributed by atoms with van der Waals surface area (Å²) in [5.41, 5.74) is 2.77. The predicted octanol–water partition coefficient (Wildman–Crippen LogP) is 2.67. The van der Waals surface area contributed by atoms with Gasteiger partial charge >= 0.3 is 5.97 Å². The molecule has 0 spiro atoms. The summed E-state index contributed by atoms with van der Waals surface area (Å²) < 4.78 is 15.8. The van der Waals surface area contributed by atoms with E-state index in [0.29, 0.717) is 17.9 Å². The van der Waals surface area contributed by atoms with Gasteiger partial charge in [-0.1, -0.05) is 30.3 Å². The van der Waals surface area contributed by atoms with Gasteiger partial charge in [0.1, 0.15) is 11.9 Å². The molecule has 2 heterocycles. The Kier molecular flexibility index (Phi) is 4.66. The molecule has 0 aliphatic carbocycles. The molecular weight excluding hydrogens is 370 g/mol. The van der Waals surface area contributed by atoms with E-state index in [9.17, 15) is 9.59 Å². The minimum absolute atomic E-state index is 0.162. The van der Waals surface area contributed by atoms with Crippen molar-refractivity contribution in [3.8, 4) is 11.5 Å². The summed E-state index contributed by atoms with van der Waals surface area (Å²) in [6.07, 6.45) is 0.381. The largest absolute Gasteiger partial charge is 0.467 e. The van der Waals surface area contributed by atoms with Gasteiger partial charge in [-0.25, -0.2) is 4.79 Å². The summed E-state index contributed by atoms with van der Waals surface area (Å²) >= 11 is 5.88. The number of fused-ring (bicyclic) bond motifs is 2. The summed E-state index contributed by atoms with van der Waals surface area (Å²) in [5.74, 6) is 0.250. The highest BCUT2D eigenvalue weighted by molar-refractivity contribution is 6.27. The minimum atomic E-state index is -0.744. The molecule has 140 valence electrons. The van der Waals surface area contributed by atoms with E-state index in [-0.39, 0.29) is 18.6 Å². The number of hydrogen-bond acceptors (Lipinski definition) is 5. The maximum atomic E-state index is 12.8. The number of rotatable bonds is 3. The highest BCUT2D eigenvalue weighted by atomic mass is 35.5. The number of benzene rings is 2. The number of carbonyl (C=O) groups excluding carboxylic acids is 2. The van der Waals surface area contributed by atoms with Crippen LogP contribution in [0.5, 0.6) is 11.5 Å². The first-order valence-electron chi connectivity index (χ1n) is 8.56. The fourth-order valence-corrected chi connectivity index (χ4v) is 3.90. The van der Waals surface area contributed by atoms with E-state index in [1.54, 1.807) is 0 Å². The van der Waals surface area contributed by atoms with Crippen molar-refractivity contribution in [3.05, 3.63) is 59.2 Å². The number of carbonyl (C=O) groups is 2. The van der Waals surface area contributed by atoms with Crippen LogP contribution in [0.1, 0.15) is 22.7 Å². The molecule has 0 bridgehead atoms. The van der Waals surface area contributed by atoms with Gasteiger partial charge in [-0.05, 0) is 28.8 Å². The number of alkyl halides is 1. The molecule has 4 rings (SSSR count). The second-order valence-corrected chi connectivity index (χ2v) is 6.66. The summed E-state index contributed by atoms with van der Waals surface area (Å²) in [7, 11) is 1.32. The highest BCUT2D eigenvalue weighted by Crippen LogP contribution is 2.42. The molecule has 2 aliphatic heterocycles. The van der Waals surface area contributed by atoms with E-state index < -0.39 is 18.1 Å². The van der Waals surface area contributed by atoms with E-state index in [4.69, 9.17) is 25.8 Å². The summed E-state index contributed by atoms with van der Waals surface area (Å²) in [4.78, 5) is 26.7. The van der Waals surface area contributed by atoms with Gasteiger partial charge in [0.25, 0.3) is 0 Å². The van der Waals surface area contributed by atoms with E-state index >= 15 is 0 Å². The Hall–Kier alpha value is -2.73. The molecule has 1 amide bonds. The van der Waals surface area contributed by atoms with Gasteiger partial charge in [-0.2, -0.15) is 0 Å². The van der Waals surface area contributed by atoms with Crippen molar-refractivity contribution in [2.24, 2.45) is 0 Å². The maximum absolute atomic E-state index is 12.8. The Morgan fingerprint density at radius 1 is 1.19 bits per heavy atom. The van der Waals surface area contributed by atoms with Gasteiger partial charge in [0, 0.05) is 6.42 Å². The molecule has 0 saturated carbocycles. The van der Waals surface area contributed by atoms with Crippen LogP contribution in [-0.2, 0) is 20.7 Å². The molecule has 0 fully saturated rings. The summed E-state index contributed by atoms with van der Waals surface area (Å²) in [5, 5.41) is 0. The van der Waals surface area contributed by atoms with Crippen LogP contribution in [0.25, 0.3) is 0 Å². The average Bonchev–Trinajstić information content (AvgIpc) is 3.18. The van der Waals surface area contributed by atoms with Crippen molar-refractivity contribution in [1.29, 1.82) is 0 Å². The standard InChI is InChI=1S/C20H18ClNO5/c1-25-20(24)15-8-12-4-2-3-5-14(12)19(22(15)18(23)10-21)13-6-7-16-17(9-13)27-11-26-16/h2-7,9,15,19H,8,10-11H2,1H3. The van der Waals surface area contributed by atoms with Gasteiger partial charge in [0.15, 0.2) is 11.5 Å². The molecule has 2 aliphatic rings. The molecule has 7 heteroatoms. The van der Waals surface area contributed by atoms with Crippen LogP contribution in [0.4, 0.5) is 0 Å². The van der Waals surface area contributed by atoms with Gasteiger partial charge in [-0.15, -0.1) is 11.6 Å². The molecule has 0 aromatic heterocycles. The van der Waals surface area contributed by atoms with E-state index in [2.05, 4.69) is 0 Å². The van der Waals surface area contributed by atoms with Gasteiger partial charge < -0.3 is 19.1 Å². The average molecular weight is 388 g/mol. The molecule has 2 aromatic rings. The Morgan fingerprint density at radius 2 is 1.96 bits per heavy atom. The van der Waals surface area contributed by atoms with E-state index in [0.717, 1.165) is 16.7 Å². The fraction of sp³-hybridized carbons (Fsp3) is 0.300. The fourth-order valence-electron chi connectivity index (χ4n) is 3.77. The number of amides is 1. The first-order chi connectivity index (χ1) is 13.1. The molecule has 2 aromatic carbocycles. The van der Waals surface area contributed by atoms with Crippen LogP contribution < -0.4 is 9.47 Å². The predicted molar refractivity (Wildman–Crippen MR) is 97.9 cm³/mol. The maximum Gasteiger partial charge on any atom is 0.328 e. The number of methoxy groups -OCH3 is 1. The van der Waals surface area contributed by atoms with E-state index in [1.807, 2.05) is 42.5 Å². The second kappa shape index (κ2) is 7.12. The lowest BCUT2D eigenvalue weighted by Crippen LogP contribution is -2.52. The lowest BCUT2D eigenvalue weighted by Gasteiger charge is -2.42. The third kappa shape index (κ3) is 3.00. The van der Waals surface area contributed by atoms with Gasteiger partial charge in [-0.3, -0.25) is 4.79 Å². The highest BCUT2D eigenvalue weighted by Gasteiger charge is 2.42. The third-order valence-corrected chi connectivity index (χ3v) is 5.19. The SMILES string of the molecule is COC(=O)C1Cc2ccccc2C(c2ccc3c(c2)OCO3)N1C(=O)CCl. The van der Waals surface area contributed by atoms with Crippen LogP contribution in [-0.4, -0.2) is 42.6 Å². The molecule has 2 atom stereocenters. The molecule has 27 heavy (non-hydrogen) atoms. The van der Waals surface area contributed by atoms with Crippen LogP contribution in [0.15, 0.2) is 42.5 Å². The van der Waals surface area contributed by atoms with Crippen molar-refractivity contribution in [2.75, 3.05) is 19.8 Å². The number of ether oxygens (including phenoxy) is 3. The molecular formula is C20H18ClNO5. The van der Waals surface area contributed by atoms with Crippen LogP contribution >= 0.6 is 11.6 Å². The minimum Gasteiger partial charge on any atom is -0.467 e. The normalized spacial score (nSPS) is 20.1. The van der Waals surface area contributed by atoms with Crippen molar-refractivity contribution in [1.82, 2.24) is 4.90 Å². The van der Waals surface area contributed by atoms with Crippen LogP contribution in [0.3, 0.4) is 0 Å². The van der Waals surface area contributed by atoms with Crippen molar-refractivity contribution in [3.63, 3.8) is 0 Å². The van der Waals surface area contributed by atoms with E-state index in [1.165, 1.54) is 12.0 Å². The van der Waals surface area contributed by atoms with Crippen molar-refractivity contribution >= 4 is 23.5 Å². The number of esters is 1. The zero-order valence-corrected chi connectivity index (χ0v) is 15.4. The van der Waals surface area contributed by atoms with Crippen molar-refractivity contribution < 1.29 is 23.8 Å². The van der Waals surface area contributed by atoms with Crippen molar-refractivity contribution in [2.45, 2.75) is 18.5 Å². The third-order valence-electron chi connectivity index (χ3n) is 4.96. The smallest absolute Gasteiger partial charge is 0.328 e. The Bertz CT molecular complexity index is 900. The second-order valence-electron chi connectivity index (χ2n) is 6.39. The summed E-state index contributed by atoms with van der Waals surface area (Å²) in [6.45, 7) is 0.162. The molecule has 0 saturated heterocycles. The van der Waals surface area contributed by atoms with Gasteiger partial charge in [0.05, 0.1) is 13.2 Å². The van der Waals surface area contributed by atoms with Crippen LogP contribution in [0.2, 0.25) is 0 Å². The number of nitrogens with zero attached hydrogens (tertiary/aromatic N) is 1. The molecule has 0 N–H and O–H groups in total. The van der Waals surface area contributed by atoms with Gasteiger partial charge in [0.2, 0.25) is 12.7 Å². The Balaban J connectivity index is 1.88. The topological polar surface area (TPSA) is 65.1 Å². The first kappa shape index (κ1) is 17.7. The Labute approximate surface area is 161 Å². The molecule has 6 nitrogen and oxygen atoms in total. The summed E-state index contributed by atoms with van der Waals surface area (Å²) in [6, 6.07) is 12.1. The zero-order valence-electron chi connectivity index (χ0n) is 14.7. The lowest BCUT2D eigenvalue weighted by molar-refractivity contribution is -0.154. The lowest BCUT2D eigenvalue weighted by atomic mass is 9.84. The quantitative estimate of drug-likeness (QED) is 0.598. The molecule has 0 radical (unpaired) electrons. The number of hydrogen-bond donors (Lipinski definition) is 0. The Morgan fingerprint density at radius 3 is 2.74 bits per heavy atom. The zero-order chi connectivity index (χ0) is 19.0. The first-order valence-corrected chi connectivity index (χ1v) is 9.09. The number of halogens is 1. The monoisotopic (exact) mass is 387 g/mol.